The van der Waals surface area contributed by atoms with E-state index >= 15 is 0 Å². The van der Waals surface area contributed by atoms with Gasteiger partial charge in [-0.25, -0.2) is 0 Å². The molecule has 0 aliphatic rings. The molecule has 3 aromatic rings. The average molecular weight is 577 g/mol. The maximum Gasteiger partial charge on any atom is 0.266 e. The first-order valence-electron chi connectivity index (χ1n) is 10.9. The predicted molar refractivity (Wildman–Crippen MR) is 144 cm³/mol. The Hall–Kier alpha value is -3.82. The van der Waals surface area contributed by atoms with E-state index in [1.165, 1.54) is 6.08 Å². The number of rotatable bonds is 8. The minimum atomic E-state index is -0.485. The van der Waals surface area contributed by atoms with E-state index < -0.39 is 5.91 Å². The normalized spacial score (nSPS) is 10.7. The molecule has 3 rings (SSSR count). The van der Waals surface area contributed by atoms with Crippen LogP contribution in [0.15, 0.2) is 60.2 Å². The molecule has 0 unspecified atom stereocenters. The Balaban J connectivity index is 1.87. The second-order valence-corrected chi connectivity index (χ2v) is 8.93. The zero-order valence-corrected chi connectivity index (χ0v) is 21.8. The van der Waals surface area contributed by atoms with Crippen molar-refractivity contribution in [2.45, 2.75) is 27.4 Å². The van der Waals surface area contributed by atoms with Crippen molar-refractivity contribution >= 4 is 40.3 Å². The Morgan fingerprint density at radius 1 is 1.09 bits per heavy atom. The SMILES string of the molecule is CCOc1cc(/C=C(\C#N)C(=O)Nc2ccc(C)cc2C)cc(I)c1OCc1ccccc1C#N. The van der Waals surface area contributed by atoms with E-state index in [0.29, 0.717) is 34.9 Å². The monoisotopic (exact) mass is 577 g/mol. The van der Waals surface area contributed by atoms with Crippen LogP contribution in [-0.2, 0) is 11.4 Å². The van der Waals surface area contributed by atoms with Crippen LogP contribution < -0.4 is 14.8 Å². The fourth-order valence-corrected chi connectivity index (χ4v) is 4.22. The van der Waals surface area contributed by atoms with Gasteiger partial charge in [0.15, 0.2) is 11.5 Å². The summed E-state index contributed by atoms with van der Waals surface area (Å²) in [6.45, 7) is 6.36. The van der Waals surface area contributed by atoms with Gasteiger partial charge in [0, 0.05) is 11.3 Å². The van der Waals surface area contributed by atoms with Crippen LogP contribution in [0, 0.1) is 40.1 Å². The number of benzene rings is 3. The van der Waals surface area contributed by atoms with Crippen LogP contribution in [-0.4, -0.2) is 12.5 Å². The Morgan fingerprint density at radius 2 is 1.86 bits per heavy atom. The van der Waals surface area contributed by atoms with Crippen molar-refractivity contribution in [2.24, 2.45) is 0 Å². The minimum Gasteiger partial charge on any atom is -0.490 e. The van der Waals surface area contributed by atoms with E-state index in [2.05, 4.69) is 34.0 Å². The van der Waals surface area contributed by atoms with E-state index in [0.717, 1.165) is 20.3 Å². The molecule has 0 atom stereocenters. The summed E-state index contributed by atoms with van der Waals surface area (Å²) in [6.07, 6.45) is 1.53. The molecule has 6 nitrogen and oxygen atoms in total. The number of nitriles is 2. The van der Waals surface area contributed by atoms with E-state index in [1.54, 1.807) is 12.1 Å². The van der Waals surface area contributed by atoms with Crippen molar-refractivity contribution in [2.75, 3.05) is 11.9 Å². The first-order valence-corrected chi connectivity index (χ1v) is 12.0. The Kier molecular flexibility index (Phi) is 8.88. The van der Waals surface area contributed by atoms with Gasteiger partial charge >= 0.3 is 0 Å². The van der Waals surface area contributed by atoms with Gasteiger partial charge in [0.05, 0.1) is 21.8 Å². The van der Waals surface area contributed by atoms with E-state index in [-0.39, 0.29) is 12.2 Å². The number of nitrogens with one attached hydrogen (secondary N) is 1. The lowest BCUT2D eigenvalue weighted by molar-refractivity contribution is -0.112. The van der Waals surface area contributed by atoms with E-state index in [4.69, 9.17) is 9.47 Å². The van der Waals surface area contributed by atoms with Gasteiger partial charge in [-0.1, -0.05) is 35.9 Å². The highest BCUT2D eigenvalue weighted by molar-refractivity contribution is 14.1. The standard InChI is InChI=1S/C28H24IN3O3/c1-4-34-26-14-20(12-23(16-31)28(33)32-25-10-9-18(2)11-19(25)3)13-24(29)27(26)35-17-22-8-6-5-7-21(22)15-30/h5-14H,4,17H2,1-3H3,(H,32,33)/b23-12+. The first kappa shape index (κ1) is 25.8. The molecule has 1 N–H and O–H groups in total. The van der Waals surface area contributed by atoms with Crippen molar-refractivity contribution in [3.05, 3.63) is 91.6 Å². The van der Waals surface area contributed by atoms with Gasteiger partial charge in [-0.15, -0.1) is 0 Å². The van der Waals surface area contributed by atoms with Crippen molar-refractivity contribution in [3.63, 3.8) is 0 Å². The lowest BCUT2D eigenvalue weighted by atomic mass is 10.1. The van der Waals surface area contributed by atoms with Gasteiger partial charge in [-0.3, -0.25) is 4.79 Å². The second kappa shape index (κ2) is 12.0. The van der Waals surface area contributed by atoms with Crippen molar-refractivity contribution < 1.29 is 14.3 Å². The quantitative estimate of drug-likeness (QED) is 0.193. The summed E-state index contributed by atoms with van der Waals surface area (Å²) in [6, 6.07) is 20.7. The summed E-state index contributed by atoms with van der Waals surface area (Å²) in [5.74, 6) is 0.545. The Labute approximate surface area is 218 Å². The fraction of sp³-hybridized carbons (Fsp3) is 0.179. The van der Waals surface area contributed by atoms with Crippen LogP contribution in [0.25, 0.3) is 6.08 Å². The fourth-order valence-electron chi connectivity index (χ4n) is 3.44. The van der Waals surface area contributed by atoms with Crippen LogP contribution in [0.4, 0.5) is 5.69 Å². The predicted octanol–water partition coefficient (Wildman–Crippen LogP) is 6.30. The second-order valence-electron chi connectivity index (χ2n) is 7.76. The van der Waals surface area contributed by atoms with Gasteiger partial charge in [0.2, 0.25) is 0 Å². The Bertz CT molecular complexity index is 1370. The smallest absolute Gasteiger partial charge is 0.266 e. The molecule has 0 aliphatic carbocycles. The van der Waals surface area contributed by atoms with Gasteiger partial charge in [0.1, 0.15) is 18.2 Å². The molecule has 35 heavy (non-hydrogen) atoms. The zero-order valence-electron chi connectivity index (χ0n) is 19.7. The number of halogens is 1. The molecule has 3 aromatic carbocycles. The number of anilines is 1. The highest BCUT2D eigenvalue weighted by Crippen LogP contribution is 2.36. The average Bonchev–Trinajstić information content (AvgIpc) is 2.84. The summed E-state index contributed by atoms with van der Waals surface area (Å²) in [5, 5.41) is 21.8. The third-order valence-corrected chi connectivity index (χ3v) is 5.95. The first-order chi connectivity index (χ1) is 16.9. The van der Waals surface area contributed by atoms with Crippen LogP contribution >= 0.6 is 22.6 Å². The molecular weight excluding hydrogens is 553 g/mol. The number of nitrogens with zero attached hydrogens (tertiary/aromatic N) is 2. The van der Waals surface area contributed by atoms with Crippen LogP contribution in [0.3, 0.4) is 0 Å². The number of carbonyl (C=O) groups is 1. The lowest BCUT2D eigenvalue weighted by Gasteiger charge is -2.15. The maximum absolute atomic E-state index is 12.8. The maximum atomic E-state index is 12.8. The minimum absolute atomic E-state index is 0.0279. The van der Waals surface area contributed by atoms with Crippen LogP contribution in [0.1, 0.15) is 34.7 Å². The zero-order chi connectivity index (χ0) is 25.4. The summed E-state index contributed by atoms with van der Waals surface area (Å²) >= 11 is 2.13. The number of hydrogen-bond donors (Lipinski definition) is 1. The number of amides is 1. The van der Waals surface area contributed by atoms with E-state index in [1.807, 2.05) is 69.3 Å². The molecule has 0 fully saturated rings. The van der Waals surface area contributed by atoms with Gasteiger partial charge in [-0.05, 0) is 84.8 Å². The third kappa shape index (κ3) is 6.62. The molecule has 0 heterocycles. The topological polar surface area (TPSA) is 95.1 Å². The largest absolute Gasteiger partial charge is 0.490 e. The van der Waals surface area contributed by atoms with Crippen molar-refractivity contribution in [1.29, 1.82) is 10.5 Å². The van der Waals surface area contributed by atoms with Crippen molar-refractivity contribution in [3.8, 4) is 23.6 Å². The molecule has 0 spiro atoms. The molecule has 0 saturated carbocycles. The van der Waals surface area contributed by atoms with E-state index in [9.17, 15) is 15.3 Å². The summed E-state index contributed by atoms with van der Waals surface area (Å²) in [4.78, 5) is 12.8. The molecule has 7 heteroatoms. The van der Waals surface area contributed by atoms with Gasteiger partial charge in [-0.2, -0.15) is 10.5 Å². The highest BCUT2D eigenvalue weighted by atomic mass is 127. The third-order valence-electron chi connectivity index (χ3n) is 5.15. The Morgan fingerprint density at radius 3 is 2.54 bits per heavy atom. The molecule has 0 radical (unpaired) electrons. The number of carbonyl (C=O) groups excluding carboxylic acids is 1. The number of ether oxygens (including phenoxy) is 2. The van der Waals surface area contributed by atoms with Gasteiger partial charge in [0.25, 0.3) is 5.91 Å². The highest BCUT2D eigenvalue weighted by Gasteiger charge is 2.16. The summed E-state index contributed by atoms with van der Waals surface area (Å²) in [5.41, 5.74) is 4.60. The summed E-state index contributed by atoms with van der Waals surface area (Å²) in [7, 11) is 0. The van der Waals surface area contributed by atoms with Crippen LogP contribution in [0.2, 0.25) is 0 Å². The molecule has 0 aliphatic heterocycles. The van der Waals surface area contributed by atoms with Gasteiger partial charge < -0.3 is 14.8 Å². The number of hydrogen-bond acceptors (Lipinski definition) is 5. The summed E-state index contributed by atoms with van der Waals surface area (Å²) < 4.78 is 12.6. The molecule has 0 bridgehead atoms. The molecule has 0 aromatic heterocycles. The van der Waals surface area contributed by atoms with Crippen molar-refractivity contribution in [1.82, 2.24) is 0 Å². The molecule has 1 amide bonds. The molecule has 176 valence electrons. The molecular formula is C28H24IN3O3. The molecule has 0 saturated heterocycles. The number of aryl methyl sites for hydroxylation is 2. The van der Waals surface area contributed by atoms with Crippen LogP contribution in [0.5, 0.6) is 11.5 Å². The lowest BCUT2D eigenvalue weighted by Crippen LogP contribution is -2.14.